The third-order valence-electron chi connectivity index (χ3n) is 3.21. The molecular weight excluding hydrogens is 302 g/mol. The summed E-state index contributed by atoms with van der Waals surface area (Å²) >= 11 is 0. The van der Waals surface area contributed by atoms with E-state index in [0.717, 1.165) is 5.69 Å². The minimum absolute atomic E-state index is 0.0631. The van der Waals surface area contributed by atoms with Crippen LogP contribution in [-0.2, 0) is 9.53 Å². The van der Waals surface area contributed by atoms with E-state index in [2.05, 4.69) is 10.5 Å². The second kappa shape index (κ2) is 7.86. The molecular formula is C14H15N5O4. The smallest absolute Gasteiger partial charge is 0.270 e. The van der Waals surface area contributed by atoms with E-state index in [4.69, 9.17) is 10.00 Å². The number of hydrogen-bond acceptors (Lipinski definition) is 7. The topological polar surface area (TPSA) is 121 Å². The standard InChI is InChI=1S/C14H15N5O4/c15-4-3-14(20)17-16-10-11-9-12(19(21)22)1-2-13(11)18-5-7-23-8-6-18/h1-2,9-10H,3,5-8H2,(H,17,20)/b16-10+. The van der Waals surface area contributed by atoms with Gasteiger partial charge in [0.2, 0.25) is 0 Å². The van der Waals surface area contributed by atoms with Crippen molar-refractivity contribution < 1.29 is 14.5 Å². The third kappa shape index (κ3) is 4.49. The van der Waals surface area contributed by atoms with Crippen LogP contribution in [0.5, 0.6) is 0 Å². The van der Waals surface area contributed by atoms with Crippen molar-refractivity contribution in [3.63, 3.8) is 0 Å². The number of carbonyl (C=O) groups is 1. The zero-order valence-corrected chi connectivity index (χ0v) is 12.3. The number of morpholine rings is 1. The van der Waals surface area contributed by atoms with Gasteiger partial charge in [0.15, 0.2) is 0 Å². The third-order valence-corrected chi connectivity index (χ3v) is 3.21. The van der Waals surface area contributed by atoms with Gasteiger partial charge in [-0.05, 0) is 6.07 Å². The van der Waals surface area contributed by atoms with E-state index in [1.54, 1.807) is 12.1 Å². The Bertz CT molecular complexity index is 662. The minimum atomic E-state index is -0.540. The van der Waals surface area contributed by atoms with Crippen molar-refractivity contribution in [3.05, 3.63) is 33.9 Å². The van der Waals surface area contributed by atoms with Gasteiger partial charge in [-0.3, -0.25) is 14.9 Å². The first-order valence-corrected chi connectivity index (χ1v) is 6.92. The van der Waals surface area contributed by atoms with Crippen molar-refractivity contribution in [1.29, 1.82) is 5.26 Å². The lowest BCUT2D eigenvalue weighted by molar-refractivity contribution is -0.384. The van der Waals surface area contributed by atoms with E-state index in [9.17, 15) is 14.9 Å². The average molecular weight is 317 g/mol. The van der Waals surface area contributed by atoms with Crippen LogP contribution in [-0.4, -0.2) is 43.3 Å². The van der Waals surface area contributed by atoms with E-state index in [1.807, 2.05) is 4.90 Å². The van der Waals surface area contributed by atoms with Crippen LogP contribution in [0.1, 0.15) is 12.0 Å². The summed E-state index contributed by atoms with van der Waals surface area (Å²) in [5, 5.41) is 23.1. The Morgan fingerprint density at radius 1 is 1.52 bits per heavy atom. The molecule has 0 aliphatic carbocycles. The zero-order chi connectivity index (χ0) is 16.7. The number of nitrogens with zero attached hydrogens (tertiary/aromatic N) is 4. The van der Waals surface area contributed by atoms with Crippen LogP contribution in [0.2, 0.25) is 0 Å². The molecule has 0 unspecified atom stereocenters. The molecule has 1 heterocycles. The summed E-state index contributed by atoms with van der Waals surface area (Å²) in [7, 11) is 0. The monoisotopic (exact) mass is 317 g/mol. The lowest BCUT2D eigenvalue weighted by Gasteiger charge is -2.29. The summed E-state index contributed by atoms with van der Waals surface area (Å²) in [4.78, 5) is 23.7. The number of anilines is 1. The number of ether oxygens (including phenoxy) is 1. The normalized spacial score (nSPS) is 14.5. The Kier molecular flexibility index (Phi) is 5.60. The molecule has 1 saturated heterocycles. The SMILES string of the molecule is N#CCC(=O)N/N=C/c1cc([N+](=O)[O-])ccc1N1CCOCC1. The van der Waals surface area contributed by atoms with Gasteiger partial charge in [0.1, 0.15) is 6.42 Å². The van der Waals surface area contributed by atoms with Crippen molar-refractivity contribution in [2.45, 2.75) is 6.42 Å². The van der Waals surface area contributed by atoms with E-state index in [0.29, 0.717) is 31.9 Å². The van der Waals surface area contributed by atoms with E-state index >= 15 is 0 Å². The van der Waals surface area contributed by atoms with E-state index in [-0.39, 0.29) is 12.1 Å². The molecule has 2 rings (SSSR count). The van der Waals surface area contributed by atoms with Gasteiger partial charge in [-0.1, -0.05) is 0 Å². The van der Waals surface area contributed by atoms with Crippen molar-refractivity contribution in [2.75, 3.05) is 31.2 Å². The molecule has 1 aromatic carbocycles. The van der Waals surface area contributed by atoms with Crippen LogP contribution in [0.15, 0.2) is 23.3 Å². The van der Waals surface area contributed by atoms with Gasteiger partial charge in [0.05, 0.1) is 30.4 Å². The highest BCUT2D eigenvalue weighted by molar-refractivity contribution is 5.90. The molecule has 1 fully saturated rings. The largest absolute Gasteiger partial charge is 0.378 e. The molecule has 1 aliphatic rings. The molecule has 0 bridgehead atoms. The quantitative estimate of drug-likeness (QED) is 0.487. The van der Waals surface area contributed by atoms with Crippen LogP contribution >= 0.6 is 0 Å². The van der Waals surface area contributed by atoms with E-state index in [1.165, 1.54) is 18.3 Å². The first-order valence-electron chi connectivity index (χ1n) is 6.92. The molecule has 1 N–H and O–H groups in total. The molecule has 0 spiro atoms. The molecule has 120 valence electrons. The van der Waals surface area contributed by atoms with Crippen molar-refractivity contribution >= 4 is 23.5 Å². The highest BCUT2D eigenvalue weighted by atomic mass is 16.6. The second-order valence-electron chi connectivity index (χ2n) is 4.73. The van der Waals surface area contributed by atoms with Crippen LogP contribution in [0.25, 0.3) is 0 Å². The van der Waals surface area contributed by atoms with Gasteiger partial charge in [-0.2, -0.15) is 10.4 Å². The number of hydrogen-bond donors (Lipinski definition) is 1. The Hall–Kier alpha value is -2.99. The summed E-state index contributed by atoms with van der Waals surface area (Å²) < 4.78 is 5.29. The van der Waals surface area contributed by atoms with Crippen molar-refractivity contribution in [1.82, 2.24) is 5.43 Å². The van der Waals surface area contributed by atoms with Gasteiger partial charge in [0, 0.05) is 36.5 Å². The molecule has 9 nitrogen and oxygen atoms in total. The van der Waals surface area contributed by atoms with Crippen LogP contribution in [0.3, 0.4) is 0 Å². The Labute approximate surface area is 132 Å². The number of nitro groups is 1. The first-order chi connectivity index (χ1) is 11.1. The second-order valence-corrected chi connectivity index (χ2v) is 4.73. The van der Waals surface area contributed by atoms with Crippen LogP contribution < -0.4 is 10.3 Å². The Balaban J connectivity index is 2.23. The fourth-order valence-electron chi connectivity index (χ4n) is 2.14. The minimum Gasteiger partial charge on any atom is -0.378 e. The number of nitro benzene ring substituents is 1. The van der Waals surface area contributed by atoms with Gasteiger partial charge >= 0.3 is 0 Å². The average Bonchev–Trinajstić information content (AvgIpc) is 2.56. The summed E-state index contributed by atoms with van der Waals surface area (Å²) in [5.41, 5.74) is 3.43. The number of amides is 1. The molecule has 0 atom stereocenters. The molecule has 0 radical (unpaired) electrons. The number of rotatable bonds is 5. The molecule has 1 aliphatic heterocycles. The van der Waals surface area contributed by atoms with Crippen molar-refractivity contribution in [2.24, 2.45) is 5.10 Å². The fraction of sp³-hybridized carbons (Fsp3) is 0.357. The Morgan fingerprint density at radius 3 is 2.91 bits per heavy atom. The molecule has 9 heteroatoms. The van der Waals surface area contributed by atoms with Gasteiger partial charge in [0.25, 0.3) is 11.6 Å². The lowest BCUT2D eigenvalue weighted by atomic mass is 10.1. The maximum absolute atomic E-state index is 11.2. The molecule has 1 amide bonds. The van der Waals surface area contributed by atoms with Gasteiger partial charge < -0.3 is 9.64 Å². The number of non-ortho nitro benzene ring substituents is 1. The number of hydrazone groups is 1. The molecule has 1 aromatic rings. The highest BCUT2D eigenvalue weighted by Crippen LogP contribution is 2.25. The number of nitrogens with one attached hydrogen (secondary N) is 1. The van der Waals surface area contributed by atoms with Crippen LogP contribution in [0, 0.1) is 21.4 Å². The molecule has 0 aromatic heterocycles. The maximum Gasteiger partial charge on any atom is 0.270 e. The summed E-state index contributed by atoms with van der Waals surface area (Å²) in [5.74, 6) is -0.540. The summed E-state index contributed by atoms with van der Waals surface area (Å²) in [6.45, 7) is 2.48. The lowest BCUT2D eigenvalue weighted by Crippen LogP contribution is -2.36. The van der Waals surface area contributed by atoms with Crippen molar-refractivity contribution in [3.8, 4) is 6.07 Å². The number of benzene rings is 1. The predicted molar refractivity (Wildman–Crippen MR) is 82.1 cm³/mol. The number of nitriles is 1. The molecule has 23 heavy (non-hydrogen) atoms. The predicted octanol–water partition coefficient (Wildman–Crippen LogP) is 0.795. The highest BCUT2D eigenvalue weighted by Gasteiger charge is 2.17. The summed E-state index contributed by atoms with van der Waals surface area (Å²) in [6, 6.07) is 6.18. The van der Waals surface area contributed by atoms with E-state index < -0.39 is 10.8 Å². The first kappa shape index (κ1) is 16.4. The molecule has 0 saturated carbocycles. The van der Waals surface area contributed by atoms with Gasteiger partial charge in [-0.25, -0.2) is 5.43 Å². The summed E-state index contributed by atoms with van der Waals surface area (Å²) in [6.07, 6.45) is 1.04. The van der Waals surface area contributed by atoms with Crippen LogP contribution in [0.4, 0.5) is 11.4 Å². The fourth-order valence-corrected chi connectivity index (χ4v) is 2.14. The maximum atomic E-state index is 11.2. The number of carbonyl (C=O) groups excluding carboxylic acids is 1. The Morgan fingerprint density at radius 2 is 2.26 bits per heavy atom. The zero-order valence-electron chi connectivity index (χ0n) is 12.3. The van der Waals surface area contributed by atoms with Gasteiger partial charge in [-0.15, -0.1) is 0 Å².